The van der Waals surface area contributed by atoms with Crippen LogP contribution in [-0.4, -0.2) is 109 Å². The Labute approximate surface area is 424 Å². The van der Waals surface area contributed by atoms with Crippen LogP contribution in [-0.2, 0) is 39.6 Å². The molecule has 3 aromatic heterocycles. The number of likely N-dealkylation sites (N-methyl/N-ethyl adjacent to an activating group) is 2. The molecule has 7 aromatic rings. The normalized spacial score (nSPS) is 19.6. The average molecular weight is 1020 g/mol. The molecular formula is C54H65ClN10O4S2. The van der Waals surface area contributed by atoms with E-state index in [9.17, 15) is 16.8 Å². The molecule has 0 radical (unpaired) electrons. The van der Waals surface area contributed by atoms with E-state index in [0.717, 1.165) is 65.0 Å². The van der Waals surface area contributed by atoms with Crippen LogP contribution in [0.1, 0.15) is 54.5 Å². The number of sulfonamides is 1. The van der Waals surface area contributed by atoms with E-state index in [0.29, 0.717) is 41.0 Å². The molecule has 3 aliphatic rings. The van der Waals surface area contributed by atoms with Gasteiger partial charge in [0, 0.05) is 63.6 Å². The Morgan fingerprint density at radius 3 is 1.80 bits per heavy atom. The minimum Gasteiger partial charge on any atom is -0.355 e. The summed E-state index contributed by atoms with van der Waals surface area (Å²) in [5.41, 5.74) is 5.95. The summed E-state index contributed by atoms with van der Waals surface area (Å²) in [6.07, 6.45) is 7.20. The summed E-state index contributed by atoms with van der Waals surface area (Å²) >= 11 is 5.93. The fourth-order valence-corrected chi connectivity index (χ4v) is 12.6. The summed E-state index contributed by atoms with van der Waals surface area (Å²) in [4.78, 5) is 24.7. The predicted octanol–water partition coefficient (Wildman–Crippen LogP) is 8.63. The Kier molecular flexibility index (Phi) is 16.5. The molecule has 374 valence electrons. The molecule has 0 aliphatic carbocycles. The van der Waals surface area contributed by atoms with Crippen molar-refractivity contribution in [1.82, 2.24) is 39.0 Å². The van der Waals surface area contributed by atoms with Crippen molar-refractivity contribution in [2.75, 3.05) is 56.0 Å². The second-order valence-corrected chi connectivity index (χ2v) is 23.1. The topological polar surface area (TPSA) is 150 Å². The van der Waals surface area contributed by atoms with Crippen molar-refractivity contribution in [3.05, 3.63) is 167 Å². The SMILES string of the molecule is CNC1CN(Cc2ccccc2)CCC1C.Cc1ccc(S(=O)(=O)N2CCc3c(N(C)C4CN(Cc5ccccc5)CCC4C)ncnc32)cc1.Cc1ccc(S(=O)(=O)n2ccc3c(Cl)ncnc32)cc1. The molecule has 2 saturated heterocycles. The van der Waals surface area contributed by atoms with Crippen molar-refractivity contribution in [1.29, 1.82) is 0 Å². The molecule has 10 rings (SSSR count). The van der Waals surface area contributed by atoms with Gasteiger partial charge in [-0.05, 0) is 107 Å². The number of halogens is 1. The molecule has 4 unspecified atom stereocenters. The first-order chi connectivity index (χ1) is 34.1. The van der Waals surface area contributed by atoms with Gasteiger partial charge < -0.3 is 10.2 Å². The first-order valence-electron chi connectivity index (χ1n) is 24.3. The van der Waals surface area contributed by atoms with Crippen LogP contribution in [0, 0.1) is 25.7 Å². The van der Waals surface area contributed by atoms with Gasteiger partial charge in [-0.3, -0.25) is 9.80 Å². The van der Waals surface area contributed by atoms with Gasteiger partial charge in [-0.15, -0.1) is 0 Å². The monoisotopic (exact) mass is 1020 g/mol. The number of aromatic nitrogens is 5. The van der Waals surface area contributed by atoms with Gasteiger partial charge in [0.2, 0.25) is 0 Å². The minimum absolute atomic E-state index is 0.204. The van der Waals surface area contributed by atoms with Crippen LogP contribution in [0.5, 0.6) is 0 Å². The first kappa shape index (κ1) is 51.6. The molecule has 4 atom stereocenters. The van der Waals surface area contributed by atoms with E-state index in [1.807, 2.05) is 26.0 Å². The largest absolute Gasteiger partial charge is 0.355 e. The lowest BCUT2D eigenvalue weighted by Crippen LogP contribution is -2.51. The number of hydrogen-bond acceptors (Lipinski definition) is 12. The van der Waals surface area contributed by atoms with E-state index in [2.05, 4.69) is 129 Å². The molecule has 17 heteroatoms. The summed E-state index contributed by atoms with van der Waals surface area (Å²) < 4.78 is 54.5. The summed E-state index contributed by atoms with van der Waals surface area (Å²) in [6, 6.07) is 37.5. The Hall–Kier alpha value is -5.75. The standard InChI is InChI=1S/C27H33N5O2S.C14H22N2.C13H10ClN3O2S/c1-20-9-11-23(12-10-20)35(33,34)32-16-14-24-26(28-19-29-27(24)32)30(3)25-18-31(15-13-21(25)2)17-22-7-5-4-6-8-22;1-12-8-9-16(11-14(12)15-2)10-13-6-4-3-5-7-13;1-9-2-4-10(5-3-9)20(18,19)17-7-6-11-12(14)15-8-16-13(11)17/h4-12,19,21,25H,13-18H2,1-3H3;3-7,12,14-15H,8-11H2,1-2H3;2-8H,1H3. The lowest BCUT2D eigenvalue weighted by atomic mass is 9.91. The highest BCUT2D eigenvalue weighted by Gasteiger charge is 2.37. The van der Waals surface area contributed by atoms with E-state index in [1.165, 1.54) is 53.8 Å². The molecule has 3 aliphatic heterocycles. The quantitative estimate of drug-likeness (QED) is 0.124. The van der Waals surface area contributed by atoms with Crippen molar-refractivity contribution in [3.63, 3.8) is 0 Å². The van der Waals surface area contributed by atoms with Crippen LogP contribution in [0.25, 0.3) is 11.0 Å². The second-order valence-electron chi connectivity index (χ2n) is 19.0. The zero-order valence-corrected chi connectivity index (χ0v) is 43.8. The maximum absolute atomic E-state index is 13.4. The zero-order chi connectivity index (χ0) is 50.3. The van der Waals surface area contributed by atoms with Gasteiger partial charge in [0.05, 0.1) is 15.2 Å². The molecule has 4 aromatic carbocycles. The number of piperidine rings is 2. The number of fused-ring (bicyclic) bond motifs is 2. The van der Waals surface area contributed by atoms with Gasteiger partial charge in [0.1, 0.15) is 23.6 Å². The number of rotatable bonds is 11. The lowest BCUT2D eigenvalue weighted by Gasteiger charge is -2.42. The Morgan fingerprint density at radius 1 is 0.662 bits per heavy atom. The Morgan fingerprint density at radius 2 is 1.21 bits per heavy atom. The van der Waals surface area contributed by atoms with E-state index >= 15 is 0 Å². The zero-order valence-electron chi connectivity index (χ0n) is 41.4. The molecule has 1 N–H and O–H groups in total. The van der Waals surface area contributed by atoms with Gasteiger partial charge in [-0.1, -0.05) is 122 Å². The fraction of sp³-hybridized carbons (Fsp3) is 0.370. The maximum atomic E-state index is 13.4. The van der Waals surface area contributed by atoms with Crippen LogP contribution in [0.2, 0.25) is 5.15 Å². The lowest BCUT2D eigenvalue weighted by molar-refractivity contribution is 0.147. The van der Waals surface area contributed by atoms with Crippen LogP contribution in [0.3, 0.4) is 0 Å². The average Bonchev–Trinajstić information content (AvgIpc) is 4.04. The number of nitrogens with zero attached hydrogens (tertiary/aromatic N) is 9. The molecular weight excluding hydrogens is 952 g/mol. The van der Waals surface area contributed by atoms with Crippen LogP contribution < -0.4 is 14.5 Å². The third-order valence-corrected chi connectivity index (χ3v) is 17.8. The highest BCUT2D eigenvalue weighted by atomic mass is 35.5. The van der Waals surface area contributed by atoms with Gasteiger partial charge in [0.15, 0.2) is 11.5 Å². The van der Waals surface area contributed by atoms with Crippen molar-refractivity contribution in [2.45, 2.75) is 81.9 Å². The first-order valence-corrected chi connectivity index (χ1v) is 27.6. The molecule has 71 heavy (non-hydrogen) atoms. The number of likely N-dealkylation sites (tertiary alicyclic amines) is 2. The summed E-state index contributed by atoms with van der Waals surface area (Å²) in [5, 5.41) is 4.16. The van der Waals surface area contributed by atoms with E-state index < -0.39 is 20.0 Å². The van der Waals surface area contributed by atoms with Gasteiger partial charge in [-0.2, -0.15) is 0 Å². The molecule has 14 nitrogen and oxygen atoms in total. The molecule has 0 amide bonds. The second kappa shape index (κ2) is 22.8. The van der Waals surface area contributed by atoms with Crippen LogP contribution in [0.4, 0.5) is 11.6 Å². The van der Waals surface area contributed by atoms with Gasteiger partial charge in [0.25, 0.3) is 20.0 Å². The number of aryl methyl sites for hydroxylation is 2. The molecule has 6 heterocycles. The number of nitrogens with one attached hydrogen (secondary N) is 1. The highest BCUT2D eigenvalue weighted by molar-refractivity contribution is 7.92. The third kappa shape index (κ3) is 12.0. The third-order valence-electron chi connectivity index (χ3n) is 14.0. The Bertz CT molecular complexity index is 3090. The molecule has 0 saturated carbocycles. The van der Waals surface area contributed by atoms with E-state index in [1.54, 1.807) is 42.5 Å². The van der Waals surface area contributed by atoms with Crippen molar-refractivity contribution in [3.8, 4) is 0 Å². The van der Waals surface area contributed by atoms with E-state index in [-0.39, 0.29) is 21.7 Å². The minimum atomic E-state index is -3.69. The molecule has 0 bridgehead atoms. The smallest absolute Gasteiger partial charge is 0.269 e. The van der Waals surface area contributed by atoms with Crippen LogP contribution >= 0.6 is 11.6 Å². The van der Waals surface area contributed by atoms with Gasteiger partial charge in [-0.25, -0.2) is 45.0 Å². The maximum Gasteiger partial charge on any atom is 0.269 e. The summed E-state index contributed by atoms with van der Waals surface area (Å²) in [5.74, 6) is 2.66. The summed E-state index contributed by atoms with van der Waals surface area (Å²) in [7, 11) is -3.20. The number of benzene rings is 4. The highest BCUT2D eigenvalue weighted by Crippen LogP contribution is 2.37. The predicted molar refractivity (Wildman–Crippen MR) is 284 cm³/mol. The number of anilines is 2. The van der Waals surface area contributed by atoms with Crippen LogP contribution in [0.15, 0.2) is 144 Å². The number of hydrogen-bond donors (Lipinski definition) is 1. The fourth-order valence-electron chi connectivity index (χ4n) is 9.70. The van der Waals surface area contributed by atoms with Crippen molar-refractivity contribution in [2.24, 2.45) is 11.8 Å². The Balaban J connectivity index is 0.000000158. The van der Waals surface area contributed by atoms with Gasteiger partial charge >= 0.3 is 0 Å². The van der Waals surface area contributed by atoms with E-state index in [4.69, 9.17) is 11.6 Å². The van der Waals surface area contributed by atoms with Crippen molar-refractivity contribution < 1.29 is 16.8 Å². The molecule has 0 spiro atoms. The summed E-state index contributed by atoms with van der Waals surface area (Å²) in [6.45, 7) is 15.3. The van der Waals surface area contributed by atoms with Crippen molar-refractivity contribution >= 4 is 54.3 Å². The molecule has 2 fully saturated rings.